The van der Waals surface area contributed by atoms with Gasteiger partial charge in [0.2, 0.25) is 0 Å². The molecule has 3 aromatic carbocycles. The van der Waals surface area contributed by atoms with Crippen molar-refractivity contribution in [3.05, 3.63) is 124 Å². The van der Waals surface area contributed by atoms with E-state index in [4.69, 9.17) is 19.6 Å². The van der Waals surface area contributed by atoms with Gasteiger partial charge >= 0.3 is 18.1 Å². The molecule has 45 heavy (non-hydrogen) atoms. The molecule has 0 bridgehead atoms. The van der Waals surface area contributed by atoms with E-state index in [0.29, 0.717) is 16.5 Å². The van der Waals surface area contributed by atoms with Crippen LogP contribution in [0, 0.1) is 0 Å². The fourth-order valence-corrected chi connectivity index (χ4v) is 5.19. The minimum Gasteiger partial charge on any atom is -0.475 e. The highest BCUT2D eigenvalue weighted by molar-refractivity contribution is 5.91. The van der Waals surface area contributed by atoms with Crippen molar-refractivity contribution in [1.29, 1.82) is 0 Å². The molecule has 0 atom stereocenters. The molecule has 0 saturated heterocycles. The molecule has 3 heterocycles. The number of ether oxygens (including phenoxy) is 1. The van der Waals surface area contributed by atoms with Gasteiger partial charge < -0.3 is 14.8 Å². The summed E-state index contributed by atoms with van der Waals surface area (Å²) < 4.78 is 36.6. The third-order valence-corrected chi connectivity index (χ3v) is 7.43. The number of fused-ring (bicyclic) bond motifs is 2. The molecule has 1 aliphatic heterocycles. The summed E-state index contributed by atoms with van der Waals surface area (Å²) in [5.41, 5.74) is 8.60. The Bertz CT molecular complexity index is 1910. The van der Waals surface area contributed by atoms with Gasteiger partial charge in [0.1, 0.15) is 0 Å². The Morgan fingerprint density at radius 3 is 2.33 bits per heavy atom. The second kappa shape index (κ2) is 13.1. The molecule has 8 nitrogen and oxygen atoms in total. The molecule has 230 valence electrons. The number of aromatic nitrogens is 2. The highest BCUT2D eigenvalue weighted by Gasteiger charge is 2.38. The number of pyridine rings is 2. The normalized spacial score (nSPS) is 13.0. The summed E-state index contributed by atoms with van der Waals surface area (Å²) in [5, 5.41) is 7.70. The van der Waals surface area contributed by atoms with E-state index in [9.17, 15) is 22.8 Å². The molecule has 0 amide bonds. The van der Waals surface area contributed by atoms with Gasteiger partial charge in [-0.1, -0.05) is 60.7 Å². The van der Waals surface area contributed by atoms with Gasteiger partial charge in [-0.25, -0.2) is 14.6 Å². The number of nitrogens with one attached hydrogen (secondary N) is 1. The molecule has 0 saturated carbocycles. The first-order valence-corrected chi connectivity index (χ1v) is 13.9. The summed E-state index contributed by atoms with van der Waals surface area (Å²) in [6.07, 6.45) is -2.49. The number of rotatable bonds is 5. The standard InChI is InChI=1S/C32H27N3O3.C2HF3O2/c1-38-32(37)25-12-11-22-14-16-35(20-26(22)17-25)19-21-7-9-24(10-8-21)30-27(23-5-3-2-4-6-23)18-28-29(34-30)13-15-33-31(28)36;3-2(4,5)1(6)7/h2-13,15,17-18H,14,16,19-20H2,1H3,(H,33,36);(H,6,7). The first kappa shape index (κ1) is 31.1. The van der Waals surface area contributed by atoms with Crippen molar-refractivity contribution >= 4 is 22.8 Å². The monoisotopic (exact) mass is 615 g/mol. The Hall–Kier alpha value is -5.29. The van der Waals surface area contributed by atoms with Crippen LogP contribution in [0.5, 0.6) is 0 Å². The van der Waals surface area contributed by atoms with E-state index in [-0.39, 0.29) is 11.5 Å². The summed E-state index contributed by atoms with van der Waals surface area (Å²) in [4.78, 5) is 43.4. The quantitative estimate of drug-likeness (QED) is 0.225. The van der Waals surface area contributed by atoms with Crippen LogP contribution in [-0.4, -0.2) is 51.7 Å². The van der Waals surface area contributed by atoms with Crippen LogP contribution in [0.1, 0.15) is 27.0 Å². The van der Waals surface area contributed by atoms with Crippen LogP contribution in [0.15, 0.2) is 95.9 Å². The number of esters is 1. The number of hydrogen-bond acceptors (Lipinski definition) is 6. The van der Waals surface area contributed by atoms with Gasteiger partial charge in [-0.05, 0) is 52.9 Å². The second-order valence-corrected chi connectivity index (χ2v) is 10.4. The molecule has 1 aliphatic rings. The van der Waals surface area contributed by atoms with E-state index < -0.39 is 12.1 Å². The maximum Gasteiger partial charge on any atom is 0.490 e. The van der Waals surface area contributed by atoms with Gasteiger partial charge in [-0.3, -0.25) is 9.69 Å². The number of H-pyrrole nitrogens is 1. The van der Waals surface area contributed by atoms with Gasteiger partial charge in [0, 0.05) is 37.0 Å². The maximum absolute atomic E-state index is 12.5. The Morgan fingerprint density at radius 2 is 1.67 bits per heavy atom. The number of nitrogens with zero attached hydrogens (tertiary/aromatic N) is 2. The fourth-order valence-electron chi connectivity index (χ4n) is 5.19. The summed E-state index contributed by atoms with van der Waals surface area (Å²) >= 11 is 0. The van der Waals surface area contributed by atoms with Crippen LogP contribution in [0.2, 0.25) is 0 Å². The number of hydrogen-bond donors (Lipinski definition) is 2. The lowest BCUT2D eigenvalue weighted by Crippen LogP contribution is -2.30. The number of methoxy groups -OCH3 is 1. The van der Waals surface area contributed by atoms with Crippen LogP contribution in [0.25, 0.3) is 33.3 Å². The number of halogens is 3. The van der Waals surface area contributed by atoms with E-state index in [0.717, 1.165) is 48.4 Å². The smallest absolute Gasteiger partial charge is 0.475 e. The molecule has 0 unspecified atom stereocenters. The molecule has 0 fully saturated rings. The van der Waals surface area contributed by atoms with Gasteiger partial charge in [-0.15, -0.1) is 0 Å². The third kappa shape index (κ3) is 7.27. The van der Waals surface area contributed by atoms with Crippen LogP contribution >= 0.6 is 0 Å². The SMILES string of the molecule is COC(=O)c1ccc2c(c1)CN(Cc1ccc(-c3nc4cc[nH]c(=O)c4cc3-c3ccccc3)cc1)CC2.O=C(O)C(F)(F)F. The molecule has 5 aromatic rings. The lowest BCUT2D eigenvalue weighted by Gasteiger charge is -2.29. The zero-order valence-electron chi connectivity index (χ0n) is 24.1. The number of carbonyl (C=O) groups is 2. The Labute approximate surface area is 255 Å². The molecule has 0 aliphatic carbocycles. The van der Waals surface area contributed by atoms with Crippen LogP contribution < -0.4 is 5.56 Å². The number of alkyl halides is 3. The number of aromatic amines is 1. The topological polar surface area (TPSA) is 113 Å². The number of carboxylic acid groups (broad SMARTS) is 1. The summed E-state index contributed by atoms with van der Waals surface area (Å²) in [5.74, 6) is -3.06. The third-order valence-electron chi connectivity index (χ3n) is 7.43. The fraction of sp³-hybridized carbons (Fsp3) is 0.176. The molecule has 6 rings (SSSR count). The molecular weight excluding hydrogens is 587 g/mol. The highest BCUT2D eigenvalue weighted by Crippen LogP contribution is 2.33. The zero-order chi connectivity index (χ0) is 32.1. The van der Waals surface area contributed by atoms with Crippen molar-refractivity contribution < 1.29 is 32.6 Å². The minimum absolute atomic E-state index is 0.143. The van der Waals surface area contributed by atoms with Crippen molar-refractivity contribution in [3.63, 3.8) is 0 Å². The van der Waals surface area contributed by atoms with E-state index in [1.807, 2.05) is 60.7 Å². The Morgan fingerprint density at radius 1 is 0.956 bits per heavy atom. The van der Waals surface area contributed by atoms with Crippen molar-refractivity contribution in [2.24, 2.45) is 0 Å². The number of carbonyl (C=O) groups excluding carboxylic acids is 1. The van der Waals surface area contributed by atoms with Gasteiger partial charge in [0.05, 0.1) is 29.3 Å². The first-order valence-electron chi connectivity index (χ1n) is 13.9. The van der Waals surface area contributed by atoms with Crippen molar-refractivity contribution in [2.45, 2.75) is 25.7 Å². The molecule has 0 radical (unpaired) electrons. The summed E-state index contributed by atoms with van der Waals surface area (Å²) in [6.45, 7) is 2.57. The number of carboxylic acids is 1. The molecule has 0 spiro atoms. The van der Waals surface area contributed by atoms with Crippen LogP contribution in [-0.2, 0) is 29.0 Å². The predicted molar refractivity (Wildman–Crippen MR) is 163 cm³/mol. The molecular formula is C34H28F3N3O5. The Kier molecular flexibility index (Phi) is 9.10. The highest BCUT2D eigenvalue weighted by atomic mass is 19.4. The Balaban J connectivity index is 0.000000515. The predicted octanol–water partition coefficient (Wildman–Crippen LogP) is 6.24. The zero-order valence-corrected chi connectivity index (χ0v) is 24.1. The number of benzene rings is 3. The average molecular weight is 616 g/mol. The lowest BCUT2D eigenvalue weighted by molar-refractivity contribution is -0.192. The van der Waals surface area contributed by atoms with Crippen LogP contribution in [0.4, 0.5) is 13.2 Å². The first-order chi connectivity index (χ1) is 21.5. The molecule has 2 N–H and O–H groups in total. The summed E-state index contributed by atoms with van der Waals surface area (Å²) in [6, 6.07) is 28.2. The summed E-state index contributed by atoms with van der Waals surface area (Å²) in [7, 11) is 1.41. The van der Waals surface area contributed by atoms with Crippen molar-refractivity contribution in [2.75, 3.05) is 13.7 Å². The van der Waals surface area contributed by atoms with E-state index >= 15 is 0 Å². The minimum atomic E-state index is -5.08. The largest absolute Gasteiger partial charge is 0.490 e. The van der Waals surface area contributed by atoms with Gasteiger partial charge in [-0.2, -0.15) is 13.2 Å². The van der Waals surface area contributed by atoms with Gasteiger partial charge in [0.25, 0.3) is 5.56 Å². The van der Waals surface area contributed by atoms with E-state index in [2.05, 4.69) is 34.1 Å². The molecule has 2 aromatic heterocycles. The van der Waals surface area contributed by atoms with E-state index in [1.54, 1.807) is 6.20 Å². The average Bonchev–Trinajstić information content (AvgIpc) is 3.04. The van der Waals surface area contributed by atoms with Crippen molar-refractivity contribution in [1.82, 2.24) is 14.9 Å². The second-order valence-electron chi connectivity index (χ2n) is 10.4. The van der Waals surface area contributed by atoms with E-state index in [1.165, 1.54) is 23.8 Å². The number of aliphatic carboxylic acids is 1. The van der Waals surface area contributed by atoms with Gasteiger partial charge in [0.15, 0.2) is 0 Å². The van der Waals surface area contributed by atoms with Crippen LogP contribution in [0.3, 0.4) is 0 Å². The molecule has 11 heteroatoms. The lowest BCUT2D eigenvalue weighted by atomic mass is 9.96. The maximum atomic E-state index is 12.5. The van der Waals surface area contributed by atoms with Crippen molar-refractivity contribution in [3.8, 4) is 22.4 Å².